The number of benzene rings is 2. The SMILES string of the molecule is COc1ccc(-c2nc(-c3ccc4c(c3)OCO4)[nH]c2-c2oc(C)cc(=O)c2O)cc1. The standard InChI is InChI=1S/C23H18N2O6/c1-12-9-16(26)21(27)22(31-12)20-19(13-3-6-15(28-2)7-4-13)24-23(25-20)14-5-8-17-18(10-14)30-11-29-17/h3-10,27H,11H2,1-2H3,(H,24,25). The normalized spacial score (nSPS) is 12.2. The molecule has 0 saturated heterocycles. The number of hydrogen-bond acceptors (Lipinski definition) is 7. The molecular formula is C23H18N2O6. The van der Waals surface area contributed by atoms with Crippen LogP contribution < -0.4 is 19.6 Å². The number of H-pyrrole nitrogens is 1. The van der Waals surface area contributed by atoms with E-state index in [0.717, 1.165) is 11.1 Å². The summed E-state index contributed by atoms with van der Waals surface area (Å²) >= 11 is 0. The highest BCUT2D eigenvalue weighted by Gasteiger charge is 2.23. The molecule has 0 unspecified atom stereocenters. The van der Waals surface area contributed by atoms with E-state index in [-0.39, 0.29) is 12.6 Å². The lowest BCUT2D eigenvalue weighted by Crippen LogP contribution is -2.01. The zero-order valence-corrected chi connectivity index (χ0v) is 16.8. The number of nitrogens with one attached hydrogen (secondary N) is 1. The number of ether oxygens (including phenoxy) is 3. The molecule has 0 fully saturated rings. The predicted molar refractivity (Wildman–Crippen MR) is 113 cm³/mol. The molecule has 0 atom stereocenters. The monoisotopic (exact) mass is 418 g/mol. The summed E-state index contributed by atoms with van der Waals surface area (Å²) in [5, 5.41) is 10.4. The molecule has 8 nitrogen and oxygen atoms in total. The van der Waals surface area contributed by atoms with E-state index in [1.807, 2.05) is 24.3 Å². The number of aromatic amines is 1. The average molecular weight is 418 g/mol. The van der Waals surface area contributed by atoms with Gasteiger partial charge >= 0.3 is 0 Å². The third kappa shape index (κ3) is 3.28. The maximum atomic E-state index is 12.2. The second-order valence-electron chi connectivity index (χ2n) is 7.00. The lowest BCUT2D eigenvalue weighted by molar-refractivity contribution is 0.174. The van der Waals surface area contributed by atoms with Crippen molar-refractivity contribution in [2.45, 2.75) is 6.92 Å². The van der Waals surface area contributed by atoms with Crippen molar-refractivity contribution in [2.24, 2.45) is 0 Å². The van der Waals surface area contributed by atoms with Crippen LogP contribution in [0.3, 0.4) is 0 Å². The van der Waals surface area contributed by atoms with Gasteiger partial charge in [-0.15, -0.1) is 0 Å². The van der Waals surface area contributed by atoms with Crippen LogP contribution in [0.5, 0.6) is 23.0 Å². The Morgan fingerprint density at radius 2 is 1.77 bits per heavy atom. The van der Waals surface area contributed by atoms with E-state index in [2.05, 4.69) is 4.98 Å². The second-order valence-corrected chi connectivity index (χ2v) is 7.00. The third-order valence-corrected chi connectivity index (χ3v) is 4.99. The molecule has 0 radical (unpaired) electrons. The van der Waals surface area contributed by atoms with Crippen molar-refractivity contribution in [1.82, 2.24) is 9.97 Å². The van der Waals surface area contributed by atoms with E-state index < -0.39 is 11.2 Å². The van der Waals surface area contributed by atoms with Gasteiger partial charge in [0.25, 0.3) is 0 Å². The molecule has 2 aromatic heterocycles. The molecule has 0 aliphatic carbocycles. The number of aryl methyl sites for hydroxylation is 1. The number of methoxy groups -OCH3 is 1. The van der Waals surface area contributed by atoms with Gasteiger partial charge in [-0.05, 0) is 49.4 Å². The molecule has 156 valence electrons. The summed E-state index contributed by atoms with van der Waals surface area (Å²) in [6.45, 7) is 1.81. The van der Waals surface area contributed by atoms with Crippen LogP contribution in [0.4, 0.5) is 0 Å². The van der Waals surface area contributed by atoms with Gasteiger partial charge in [0.2, 0.25) is 18.0 Å². The van der Waals surface area contributed by atoms with Gasteiger partial charge in [0.05, 0.1) is 7.11 Å². The molecule has 1 aliphatic rings. The number of hydrogen-bond donors (Lipinski definition) is 2. The predicted octanol–water partition coefficient (Wildman–Crippen LogP) is 4.12. The molecule has 4 aromatic rings. The minimum Gasteiger partial charge on any atom is -0.501 e. The Morgan fingerprint density at radius 1 is 1.03 bits per heavy atom. The number of aromatic nitrogens is 2. The summed E-state index contributed by atoms with van der Waals surface area (Å²) in [5.41, 5.74) is 1.87. The summed E-state index contributed by atoms with van der Waals surface area (Å²) in [5.74, 6) is 2.40. The summed E-state index contributed by atoms with van der Waals surface area (Å²) in [7, 11) is 1.59. The summed E-state index contributed by atoms with van der Waals surface area (Å²) < 4.78 is 21.8. The van der Waals surface area contributed by atoms with Crippen LogP contribution in [0, 0.1) is 6.92 Å². The molecule has 0 spiro atoms. The molecule has 0 amide bonds. The van der Waals surface area contributed by atoms with Gasteiger partial charge in [-0.25, -0.2) is 4.98 Å². The molecule has 2 N–H and O–H groups in total. The van der Waals surface area contributed by atoms with E-state index in [1.165, 1.54) is 6.07 Å². The fourth-order valence-corrected chi connectivity index (χ4v) is 3.45. The number of imidazole rings is 1. The Hall–Kier alpha value is -4.20. The van der Waals surface area contributed by atoms with Gasteiger partial charge in [-0.3, -0.25) is 4.79 Å². The summed E-state index contributed by atoms with van der Waals surface area (Å²) in [6.07, 6.45) is 0. The van der Waals surface area contributed by atoms with E-state index in [4.69, 9.17) is 23.6 Å². The van der Waals surface area contributed by atoms with Gasteiger partial charge in [0.15, 0.2) is 17.3 Å². The average Bonchev–Trinajstić information content (AvgIpc) is 3.43. The van der Waals surface area contributed by atoms with Crippen molar-refractivity contribution in [3.63, 3.8) is 0 Å². The van der Waals surface area contributed by atoms with Crippen LogP contribution in [0.25, 0.3) is 34.1 Å². The zero-order valence-electron chi connectivity index (χ0n) is 16.8. The second kappa shape index (κ2) is 7.24. The van der Waals surface area contributed by atoms with Crippen molar-refractivity contribution in [2.75, 3.05) is 13.9 Å². The Bertz CT molecular complexity index is 1340. The molecule has 1 aliphatic heterocycles. The topological polar surface area (TPSA) is 107 Å². The first kappa shape index (κ1) is 18.8. The number of nitrogens with zero attached hydrogens (tertiary/aromatic N) is 1. The summed E-state index contributed by atoms with van der Waals surface area (Å²) in [4.78, 5) is 20.1. The van der Waals surface area contributed by atoms with E-state index in [0.29, 0.717) is 40.2 Å². The summed E-state index contributed by atoms with van der Waals surface area (Å²) in [6, 6.07) is 14.0. The lowest BCUT2D eigenvalue weighted by Gasteiger charge is -2.06. The van der Waals surface area contributed by atoms with Crippen LogP contribution in [-0.2, 0) is 0 Å². The number of rotatable bonds is 4. The fourth-order valence-electron chi connectivity index (χ4n) is 3.45. The molecule has 5 rings (SSSR count). The first-order valence-corrected chi connectivity index (χ1v) is 9.52. The highest BCUT2D eigenvalue weighted by molar-refractivity contribution is 5.81. The van der Waals surface area contributed by atoms with Gasteiger partial charge in [-0.1, -0.05) is 0 Å². The number of aromatic hydroxyl groups is 1. The highest BCUT2D eigenvalue weighted by Crippen LogP contribution is 2.39. The maximum Gasteiger partial charge on any atom is 0.231 e. The van der Waals surface area contributed by atoms with E-state index >= 15 is 0 Å². The maximum absolute atomic E-state index is 12.2. The molecule has 0 bridgehead atoms. The largest absolute Gasteiger partial charge is 0.501 e. The van der Waals surface area contributed by atoms with Crippen molar-refractivity contribution >= 4 is 0 Å². The van der Waals surface area contributed by atoms with Crippen LogP contribution in [0.1, 0.15) is 5.76 Å². The van der Waals surface area contributed by atoms with Crippen molar-refractivity contribution < 1.29 is 23.7 Å². The van der Waals surface area contributed by atoms with Gasteiger partial charge in [0.1, 0.15) is 28.7 Å². The van der Waals surface area contributed by atoms with Gasteiger partial charge in [0, 0.05) is 17.2 Å². The van der Waals surface area contributed by atoms with Crippen molar-refractivity contribution in [3.05, 3.63) is 64.5 Å². The molecular weight excluding hydrogens is 400 g/mol. The van der Waals surface area contributed by atoms with E-state index in [1.54, 1.807) is 32.2 Å². The van der Waals surface area contributed by atoms with Gasteiger partial charge < -0.3 is 28.7 Å². The Morgan fingerprint density at radius 3 is 2.55 bits per heavy atom. The minimum atomic E-state index is -0.529. The quantitative estimate of drug-likeness (QED) is 0.513. The van der Waals surface area contributed by atoms with Gasteiger partial charge in [-0.2, -0.15) is 0 Å². The van der Waals surface area contributed by atoms with Crippen LogP contribution in [0.15, 0.2) is 57.7 Å². The minimum absolute atomic E-state index is 0.0234. The van der Waals surface area contributed by atoms with Crippen LogP contribution in [-0.4, -0.2) is 29.0 Å². The molecule has 3 heterocycles. The Labute approximate surface area is 176 Å². The van der Waals surface area contributed by atoms with Crippen LogP contribution >= 0.6 is 0 Å². The van der Waals surface area contributed by atoms with Crippen LogP contribution in [0.2, 0.25) is 0 Å². The Balaban J connectivity index is 1.71. The molecule has 2 aromatic carbocycles. The Kier molecular flexibility index (Phi) is 4.39. The zero-order chi connectivity index (χ0) is 21.5. The molecule has 0 saturated carbocycles. The lowest BCUT2D eigenvalue weighted by atomic mass is 10.1. The third-order valence-electron chi connectivity index (χ3n) is 4.99. The first-order valence-electron chi connectivity index (χ1n) is 9.52. The smallest absolute Gasteiger partial charge is 0.231 e. The highest BCUT2D eigenvalue weighted by atomic mass is 16.7. The fraction of sp³-hybridized carbons (Fsp3) is 0.130. The van der Waals surface area contributed by atoms with Crippen molar-refractivity contribution in [3.8, 4) is 57.1 Å². The molecule has 8 heteroatoms. The first-order chi connectivity index (χ1) is 15.0. The molecule has 31 heavy (non-hydrogen) atoms. The van der Waals surface area contributed by atoms with Crippen molar-refractivity contribution in [1.29, 1.82) is 0 Å². The van der Waals surface area contributed by atoms with E-state index in [9.17, 15) is 9.90 Å². The number of fused-ring (bicyclic) bond motifs is 1.